The molecular weight excluding hydrogens is 396 g/mol. The number of rotatable bonds is 6. The van der Waals surface area contributed by atoms with Gasteiger partial charge in [-0.1, -0.05) is 17.8 Å². The van der Waals surface area contributed by atoms with Crippen LogP contribution in [0.15, 0.2) is 39.2 Å². The molecule has 0 saturated carbocycles. The summed E-state index contributed by atoms with van der Waals surface area (Å²) in [5.41, 5.74) is 1.19. The van der Waals surface area contributed by atoms with Crippen molar-refractivity contribution in [3.05, 3.63) is 57.1 Å². The largest absolute Gasteiger partial charge is 0.463 e. The Labute approximate surface area is 170 Å². The predicted octanol–water partition coefficient (Wildman–Crippen LogP) is 4.19. The molecule has 0 atom stereocenters. The molecule has 0 aliphatic heterocycles. The van der Waals surface area contributed by atoms with Gasteiger partial charge in [-0.15, -0.1) is 17.9 Å². The van der Waals surface area contributed by atoms with E-state index in [4.69, 9.17) is 9.40 Å². The highest BCUT2D eigenvalue weighted by molar-refractivity contribution is 7.98. The molecule has 0 fully saturated rings. The van der Waals surface area contributed by atoms with Crippen LogP contribution >= 0.6 is 23.1 Å². The van der Waals surface area contributed by atoms with E-state index in [1.807, 2.05) is 0 Å². The highest BCUT2D eigenvalue weighted by Gasteiger charge is 2.22. The highest BCUT2D eigenvalue weighted by atomic mass is 32.2. The first-order valence-electron chi connectivity index (χ1n) is 9.08. The molecule has 1 aliphatic carbocycles. The van der Waals surface area contributed by atoms with Crippen LogP contribution in [-0.4, -0.2) is 22.6 Å². The second-order valence-corrected chi connectivity index (χ2v) is 8.56. The van der Waals surface area contributed by atoms with E-state index in [2.05, 4.69) is 11.3 Å². The lowest BCUT2D eigenvalue weighted by molar-refractivity contribution is 0.0563. The van der Waals surface area contributed by atoms with Crippen LogP contribution in [0.1, 0.15) is 39.6 Å². The Morgan fingerprint density at radius 3 is 3.04 bits per heavy atom. The molecule has 146 valence electrons. The summed E-state index contributed by atoms with van der Waals surface area (Å²) in [4.78, 5) is 31.6. The van der Waals surface area contributed by atoms with Gasteiger partial charge >= 0.3 is 5.97 Å². The minimum Gasteiger partial charge on any atom is -0.463 e. The molecule has 0 N–H and O–H groups in total. The molecular formula is C20H20N2O4S2. The third-order valence-corrected chi connectivity index (χ3v) is 6.93. The van der Waals surface area contributed by atoms with Crippen molar-refractivity contribution in [3.8, 4) is 0 Å². The number of hydrogen-bond acceptors (Lipinski definition) is 7. The molecule has 1 aliphatic rings. The van der Waals surface area contributed by atoms with Crippen molar-refractivity contribution >= 4 is 39.3 Å². The van der Waals surface area contributed by atoms with Crippen LogP contribution in [0.3, 0.4) is 0 Å². The predicted molar refractivity (Wildman–Crippen MR) is 110 cm³/mol. The number of allylic oxidation sites excluding steroid dienone is 1. The summed E-state index contributed by atoms with van der Waals surface area (Å²) in [7, 11) is 1.31. The van der Waals surface area contributed by atoms with Crippen LogP contribution in [0.25, 0.3) is 10.2 Å². The third kappa shape index (κ3) is 3.42. The number of carbonyl (C=O) groups is 1. The van der Waals surface area contributed by atoms with E-state index < -0.39 is 5.97 Å². The fourth-order valence-corrected chi connectivity index (χ4v) is 5.63. The van der Waals surface area contributed by atoms with E-state index in [1.54, 1.807) is 34.1 Å². The van der Waals surface area contributed by atoms with Gasteiger partial charge in [-0.25, -0.2) is 9.78 Å². The van der Waals surface area contributed by atoms with Crippen LogP contribution in [0.2, 0.25) is 0 Å². The van der Waals surface area contributed by atoms with E-state index in [0.717, 1.165) is 29.5 Å². The molecule has 8 heteroatoms. The molecule has 3 heterocycles. The van der Waals surface area contributed by atoms with Gasteiger partial charge in [0.15, 0.2) is 5.16 Å². The molecule has 3 aromatic heterocycles. The zero-order valence-electron chi connectivity index (χ0n) is 15.5. The average Bonchev–Trinajstić information content (AvgIpc) is 3.32. The molecule has 0 aromatic carbocycles. The summed E-state index contributed by atoms with van der Waals surface area (Å²) >= 11 is 3.05. The van der Waals surface area contributed by atoms with Gasteiger partial charge in [0.05, 0.1) is 18.2 Å². The van der Waals surface area contributed by atoms with Crippen molar-refractivity contribution in [1.29, 1.82) is 0 Å². The Morgan fingerprint density at radius 2 is 2.25 bits per heavy atom. The second-order valence-electron chi connectivity index (χ2n) is 6.54. The molecule has 0 unspecified atom stereocenters. The lowest BCUT2D eigenvalue weighted by Gasteiger charge is -2.12. The fourth-order valence-electron chi connectivity index (χ4n) is 3.42. The Hall–Kier alpha value is -2.32. The van der Waals surface area contributed by atoms with Gasteiger partial charge in [0.2, 0.25) is 5.76 Å². The number of aromatic nitrogens is 2. The van der Waals surface area contributed by atoms with Crippen LogP contribution in [-0.2, 0) is 29.9 Å². The van der Waals surface area contributed by atoms with Crippen molar-refractivity contribution in [2.45, 2.75) is 43.1 Å². The summed E-state index contributed by atoms with van der Waals surface area (Å²) in [5, 5.41) is 1.41. The quantitative estimate of drug-likeness (QED) is 0.260. The lowest BCUT2D eigenvalue weighted by Crippen LogP contribution is -2.23. The summed E-state index contributed by atoms with van der Waals surface area (Å²) < 4.78 is 11.8. The summed E-state index contributed by atoms with van der Waals surface area (Å²) in [6.45, 7) is 4.18. The van der Waals surface area contributed by atoms with Crippen LogP contribution in [0, 0.1) is 0 Å². The summed E-state index contributed by atoms with van der Waals surface area (Å²) in [6, 6.07) is 3.32. The zero-order valence-corrected chi connectivity index (χ0v) is 17.2. The summed E-state index contributed by atoms with van der Waals surface area (Å²) in [5.74, 6) is 0.729. The topological polar surface area (TPSA) is 74.3 Å². The minimum atomic E-state index is -0.511. The van der Waals surface area contributed by atoms with Crippen LogP contribution in [0.4, 0.5) is 0 Å². The van der Waals surface area contributed by atoms with Crippen molar-refractivity contribution in [2.75, 3.05) is 7.11 Å². The monoisotopic (exact) mass is 416 g/mol. The number of nitrogens with zero attached hydrogens (tertiary/aromatic N) is 2. The summed E-state index contributed by atoms with van der Waals surface area (Å²) in [6.07, 6.45) is 5.98. The number of furan rings is 1. The van der Waals surface area contributed by atoms with Crippen LogP contribution in [0.5, 0.6) is 0 Å². The van der Waals surface area contributed by atoms with E-state index in [0.29, 0.717) is 23.2 Å². The number of ether oxygens (including phenoxy) is 1. The molecule has 0 radical (unpaired) electrons. The third-order valence-electron chi connectivity index (χ3n) is 4.74. The lowest BCUT2D eigenvalue weighted by atomic mass is 9.97. The van der Waals surface area contributed by atoms with Gasteiger partial charge < -0.3 is 9.15 Å². The number of aryl methyl sites for hydroxylation is 2. The number of thioether (sulfide) groups is 1. The number of hydrogen-bond donors (Lipinski definition) is 0. The zero-order chi connectivity index (χ0) is 19.7. The van der Waals surface area contributed by atoms with E-state index in [-0.39, 0.29) is 11.3 Å². The normalized spacial score (nSPS) is 13.5. The highest BCUT2D eigenvalue weighted by Crippen LogP contribution is 2.35. The number of esters is 1. The molecule has 6 nitrogen and oxygen atoms in total. The van der Waals surface area contributed by atoms with E-state index >= 15 is 0 Å². The molecule has 0 amide bonds. The standard InChI is InChI=1S/C20H20N2O4S2/c1-3-10-22-18(23)16-13-6-4-5-7-15(13)28-17(16)21-20(22)27-11-12-8-9-14(26-12)19(24)25-2/h3,8-9H,1,4-7,10-11H2,2H3. The Morgan fingerprint density at radius 1 is 1.43 bits per heavy atom. The molecule has 0 saturated heterocycles. The van der Waals surface area contributed by atoms with Crippen molar-refractivity contribution in [1.82, 2.24) is 9.55 Å². The van der Waals surface area contributed by atoms with E-state index in [1.165, 1.54) is 35.7 Å². The molecule has 3 aromatic rings. The molecule has 28 heavy (non-hydrogen) atoms. The van der Waals surface area contributed by atoms with Gasteiger partial charge in [-0.2, -0.15) is 0 Å². The maximum Gasteiger partial charge on any atom is 0.373 e. The average molecular weight is 417 g/mol. The molecule has 0 bridgehead atoms. The first kappa shape index (κ1) is 19.0. The Bertz CT molecular complexity index is 1110. The van der Waals surface area contributed by atoms with Gasteiger partial charge in [0, 0.05) is 11.4 Å². The van der Waals surface area contributed by atoms with Crippen LogP contribution < -0.4 is 5.56 Å². The van der Waals surface area contributed by atoms with Gasteiger partial charge in [0.1, 0.15) is 10.6 Å². The maximum atomic E-state index is 13.2. The van der Waals surface area contributed by atoms with E-state index in [9.17, 15) is 9.59 Å². The Kier molecular flexibility index (Phi) is 5.41. The number of carbonyl (C=O) groups excluding carboxylic acids is 1. The second kappa shape index (κ2) is 7.97. The molecule has 0 spiro atoms. The van der Waals surface area contributed by atoms with Gasteiger partial charge in [-0.3, -0.25) is 9.36 Å². The Balaban J connectivity index is 1.68. The SMILES string of the molecule is C=CCn1c(SCc2ccc(C(=O)OC)o2)nc2sc3c(c2c1=O)CCCC3. The number of thiophene rings is 1. The van der Waals surface area contributed by atoms with Gasteiger partial charge in [-0.05, 0) is 43.4 Å². The molecule has 4 rings (SSSR count). The minimum absolute atomic E-state index is 0.00138. The van der Waals surface area contributed by atoms with Crippen molar-refractivity contribution < 1.29 is 13.9 Å². The fraction of sp³-hybridized carbons (Fsp3) is 0.350. The first-order valence-corrected chi connectivity index (χ1v) is 10.9. The first-order chi connectivity index (χ1) is 13.6. The smallest absolute Gasteiger partial charge is 0.373 e. The van der Waals surface area contributed by atoms with Gasteiger partial charge in [0.25, 0.3) is 5.56 Å². The maximum absolute atomic E-state index is 13.2. The number of fused-ring (bicyclic) bond motifs is 3. The number of methoxy groups -OCH3 is 1. The van der Waals surface area contributed by atoms with Crippen molar-refractivity contribution in [2.24, 2.45) is 0 Å². The van der Waals surface area contributed by atoms with Crippen molar-refractivity contribution in [3.63, 3.8) is 0 Å².